The summed E-state index contributed by atoms with van der Waals surface area (Å²) < 4.78 is 32.6. The van der Waals surface area contributed by atoms with Gasteiger partial charge in [0.2, 0.25) is 21.7 Å². The highest BCUT2D eigenvalue weighted by molar-refractivity contribution is 7.92. The second kappa shape index (κ2) is 8.49. The van der Waals surface area contributed by atoms with Gasteiger partial charge in [-0.2, -0.15) is 0 Å². The van der Waals surface area contributed by atoms with E-state index in [1.165, 1.54) is 4.57 Å². The van der Waals surface area contributed by atoms with Gasteiger partial charge in [-0.25, -0.2) is 8.42 Å². The Morgan fingerprint density at radius 1 is 1.19 bits per heavy atom. The van der Waals surface area contributed by atoms with Gasteiger partial charge in [0.1, 0.15) is 5.75 Å². The third kappa shape index (κ3) is 4.45. The van der Waals surface area contributed by atoms with E-state index in [2.05, 4.69) is 15.5 Å². The number of nitrogens with one attached hydrogen (secondary N) is 1. The molecule has 1 aliphatic rings. The lowest BCUT2D eigenvalue weighted by Gasteiger charge is -2.27. The molecule has 146 valence electrons. The van der Waals surface area contributed by atoms with Crippen molar-refractivity contribution in [3.63, 3.8) is 0 Å². The molecular formula is C17H23N5O4S. The number of anilines is 1. The van der Waals surface area contributed by atoms with E-state index in [4.69, 9.17) is 4.74 Å². The topological polar surface area (TPSA) is 106 Å². The third-order valence-electron chi connectivity index (χ3n) is 4.10. The Bertz CT molecular complexity index is 876. The number of benzene rings is 1. The summed E-state index contributed by atoms with van der Waals surface area (Å²) in [6.45, 7) is 4.56. The second-order valence-electron chi connectivity index (χ2n) is 6.16. The van der Waals surface area contributed by atoms with E-state index in [1.54, 1.807) is 12.1 Å². The largest absolute Gasteiger partial charge is 0.378 e. The van der Waals surface area contributed by atoms with Crippen LogP contribution in [0, 0.1) is 0 Å². The monoisotopic (exact) mass is 393 g/mol. The summed E-state index contributed by atoms with van der Waals surface area (Å²) in [5.74, 6) is -0.786. The van der Waals surface area contributed by atoms with Gasteiger partial charge in [-0.1, -0.05) is 25.1 Å². The number of amides is 1. The fourth-order valence-electron chi connectivity index (χ4n) is 2.79. The van der Waals surface area contributed by atoms with Crippen molar-refractivity contribution in [2.75, 3.05) is 43.5 Å². The average molecular weight is 393 g/mol. The van der Waals surface area contributed by atoms with Crippen LogP contribution in [0.3, 0.4) is 0 Å². The smallest absolute Gasteiger partial charge is 0.256 e. The molecular weight excluding hydrogens is 370 g/mol. The van der Waals surface area contributed by atoms with Crippen LogP contribution in [-0.2, 0) is 19.4 Å². The van der Waals surface area contributed by atoms with Gasteiger partial charge in [-0.05, 0) is 18.6 Å². The molecule has 10 heteroatoms. The van der Waals surface area contributed by atoms with Crippen molar-refractivity contribution in [1.82, 2.24) is 20.1 Å². The number of rotatable bonds is 7. The Morgan fingerprint density at radius 3 is 2.56 bits per heavy atom. The van der Waals surface area contributed by atoms with Gasteiger partial charge in [0, 0.05) is 19.6 Å². The number of sulfone groups is 1. The second-order valence-corrected chi connectivity index (χ2v) is 8.05. The minimum atomic E-state index is -3.97. The quantitative estimate of drug-likeness (QED) is 0.726. The fraction of sp³-hybridized carbons (Fsp3) is 0.471. The van der Waals surface area contributed by atoms with E-state index in [-0.39, 0.29) is 5.16 Å². The van der Waals surface area contributed by atoms with E-state index in [0.29, 0.717) is 44.5 Å². The first-order chi connectivity index (χ1) is 13.0. The lowest BCUT2D eigenvalue weighted by molar-refractivity contribution is -0.118. The van der Waals surface area contributed by atoms with Crippen LogP contribution in [0.5, 0.6) is 0 Å². The van der Waals surface area contributed by atoms with Gasteiger partial charge < -0.3 is 15.0 Å². The van der Waals surface area contributed by atoms with Crippen LogP contribution in [0.25, 0.3) is 5.69 Å². The highest BCUT2D eigenvalue weighted by atomic mass is 32.2. The number of morpholine rings is 1. The van der Waals surface area contributed by atoms with Crippen molar-refractivity contribution < 1.29 is 17.9 Å². The molecule has 1 amide bonds. The van der Waals surface area contributed by atoms with Crippen LogP contribution in [0.4, 0.5) is 5.95 Å². The first kappa shape index (κ1) is 19.3. The molecule has 2 heterocycles. The molecule has 0 radical (unpaired) electrons. The molecule has 1 fully saturated rings. The van der Waals surface area contributed by atoms with Crippen LogP contribution >= 0.6 is 0 Å². The Balaban J connectivity index is 2.00. The Labute approximate surface area is 158 Å². The van der Waals surface area contributed by atoms with Crippen molar-refractivity contribution >= 4 is 21.7 Å². The Morgan fingerprint density at radius 2 is 1.89 bits per heavy atom. The Kier molecular flexibility index (Phi) is 6.07. The van der Waals surface area contributed by atoms with Crippen molar-refractivity contribution in [3.8, 4) is 5.69 Å². The summed E-state index contributed by atoms with van der Waals surface area (Å²) in [5, 5.41) is 10.4. The maximum atomic E-state index is 12.9. The lowest BCUT2D eigenvalue weighted by atomic mass is 10.3. The van der Waals surface area contributed by atoms with Crippen molar-refractivity contribution in [2.45, 2.75) is 18.5 Å². The molecule has 1 saturated heterocycles. The molecule has 9 nitrogen and oxygen atoms in total. The van der Waals surface area contributed by atoms with Gasteiger partial charge in [0.05, 0.1) is 18.9 Å². The highest BCUT2D eigenvalue weighted by Gasteiger charge is 2.30. The standard InChI is InChI=1S/C17H23N5O4S/c1-2-8-18-15(23)13-27(24,25)17-20-19-16(21-9-11-26-12-10-21)22(17)14-6-4-3-5-7-14/h3-7H,2,8-13H2,1H3,(H,18,23). The molecule has 0 aliphatic carbocycles. The molecule has 0 atom stereocenters. The number of hydrogen-bond donors (Lipinski definition) is 1. The molecule has 0 saturated carbocycles. The average Bonchev–Trinajstić information content (AvgIpc) is 3.13. The predicted octanol–water partition coefficient (Wildman–Crippen LogP) is 0.404. The molecule has 3 rings (SSSR count). The molecule has 1 aromatic carbocycles. The van der Waals surface area contributed by atoms with Gasteiger partial charge in [-0.3, -0.25) is 9.36 Å². The first-order valence-corrected chi connectivity index (χ1v) is 10.5. The number of nitrogens with zero attached hydrogens (tertiary/aromatic N) is 4. The van der Waals surface area contributed by atoms with Crippen LogP contribution in [0.1, 0.15) is 13.3 Å². The zero-order valence-corrected chi connectivity index (χ0v) is 16.0. The third-order valence-corrected chi connectivity index (χ3v) is 5.56. The zero-order chi connectivity index (χ0) is 19.3. The molecule has 1 N–H and O–H groups in total. The minimum absolute atomic E-state index is 0.234. The summed E-state index contributed by atoms with van der Waals surface area (Å²) in [7, 11) is -3.97. The Hall–Kier alpha value is -2.46. The summed E-state index contributed by atoms with van der Waals surface area (Å²) in [4.78, 5) is 13.9. The van der Waals surface area contributed by atoms with Crippen LogP contribution in [0.15, 0.2) is 35.5 Å². The van der Waals surface area contributed by atoms with Gasteiger partial charge in [0.15, 0.2) is 0 Å². The van der Waals surface area contributed by atoms with Gasteiger partial charge in [0.25, 0.3) is 5.16 Å². The summed E-state index contributed by atoms with van der Waals surface area (Å²) in [5.41, 5.74) is 0.622. The number of carbonyl (C=O) groups excluding carboxylic acids is 1. The van der Waals surface area contributed by atoms with E-state index >= 15 is 0 Å². The number of aromatic nitrogens is 3. The molecule has 2 aromatic rings. The summed E-state index contributed by atoms with van der Waals surface area (Å²) >= 11 is 0. The number of ether oxygens (including phenoxy) is 1. The van der Waals surface area contributed by atoms with E-state index in [0.717, 1.165) is 6.42 Å². The van der Waals surface area contributed by atoms with Crippen LogP contribution < -0.4 is 10.2 Å². The van der Waals surface area contributed by atoms with Crippen molar-refractivity contribution in [2.24, 2.45) is 0 Å². The molecule has 0 spiro atoms. The molecule has 0 unspecified atom stereocenters. The molecule has 1 aliphatic heterocycles. The molecule has 1 aromatic heterocycles. The SMILES string of the molecule is CCCNC(=O)CS(=O)(=O)c1nnc(N2CCOCC2)n1-c1ccccc1. The number of hydrogen-bond acceptors (Lipinski definition) is 7. The van der Waals surface area contributed by atoms with Crippen molar-refractivity contribution in [1.29, 1.82) is 0 Å². The zero-order valence-electron chi connectivity index (χ0n) is 15.2. The van der Waals surface area contributed by atoms with Crippen LogP contribution in [-0.4, -0.2) is 67.7 Å². The lowest BCUT2D eigenvalue weighted by Crippen LogP contribution is -2.38. The minimum Gasteiger partial charge on any atom is -0.378 e. The first-order valence-electron chi connectivity index (χ1n) is 8.86. The molecule has 27 heavy (non-hydrogen) atoms. The van der Waals surface area contributed by atoms with E-state index < -0.39 is 21.5 Å². The summed E-state index contributed by atoms with van der Waals surface area (Å²) in [6.07, 6.45) is 0.729. The number of para-hydroxylation sites is 1. The maximum Gasteiger partial charge on any atom is 0.256 e. The van der Waals surface area contributed by atoms with Gasteiger partial charge in [-0.15, -0.1) is 10.2 Å². The fourth-order valence-corrected chi connectivity index (χ4v) is 3.99. The van der Waals surface area contributed by atoms with E-state index in [1.807, 2.05) is 30.0 Å². The van der Waals surface area contributed by atoms with Crippen LogP contribution in [0.2, 0.25) is 0 Å². The normalized spacial score (nSPS) is 14.9. The van der Waals surface area contributed by atoms with Crippen molar-refractivity contribution in [3.05, 3.63) is 30.3 Å². The maximum absolute atomic E-state index is 12.9. The summed E-state index contributed by atoms with van der Waals surface area (Å²) in [6, 6.07) is 9.02. The predicted molar refractivity (Wildman–Crippen MR) is 99.7 cm³/mol. The highest BCUT2D eigenvalue weighted by Crippen LogP contribution is 2.24. The molecule has 0 bridgehead atoms. The van der Waals surface area contributed by atoms with E-state index in [9.17, 15) is 13.2 Å². The van der Waals surface area contributed by atoms with Gasteiger partial charge >= 0.3 is 0 Å². The number of carbonyl (C=O) groups is 1.